The van der Waals surface area contributed by atoms with Gasteiger partial charge in [0, 0.05) is 10.5 Å². The molecule has 0 aromatic heterocycles. The summed E-state index contributed by atoms with van der Waals surface area (Å²) in [5.74, 6) is -0.0851. The second-order valence-corrected chi connectivity index (χ2v) is 7.22. The lowest BCUT2D eigenvalue weighted by molar-refractivity contribution is 0.218. The summed E-state index contributed by atoms with van der Waals surface area (Å²) >= 11 is 3.45. The average molecular weight is 342 g/mol. The topological polar surface area (TPSA) is 12.0 Å². The van der Waals surface area contributed by atoms with Crippen LogP contribution in [0.4, 0.5) is 4.39 Å². The van der Waals surface area contributed by atoms with Crippen molar-refractivity contribution in [3.05, 3.63) is 34.1 Å². The van der Waals surface area contributed by atoms with E-state index in [1.807, 2.05) is 6.07 Å². The van der Waals surface area contributed by atoms with Crippen molar-refractivity contribution in [2.24, 2.45) is 5.41 Å². The number of hydrogen-bond donors (Lipinski definition) is 1. The summed E-state index contributed by atoms with van der Waals surface area (Å²) in [6.07, 6.45) is 7.02. The number of nitrogens with one attached hydrogen (secondary N) is 1. The van der Waals surface area contributed by atoms with Crippen LogP contribution in [0, 0.1) is 11.2 Å². The molecule has 1 unspecified atom stereocenters. The molecule has 0 heterocycles. The number of benzene rings is 1. The van der Waals surface area contributed by atoms with Crippen LogP contribution in [0.5, 0.6) is 0 Å². The lowest BCUT2D eigenvalue weighted by Gasteiger charge is -2.35. The van der Waals surface area contributed by atoms with E-state index in [2.05, 4.69) is 35.1 Å². The van der Waals surface area contributed by atoms with Gasteiger partial charge >= 0.3 is 0 Å². The zero-order chi connectivity index (χ0) is 14.6. The highest BCUT2D eigenvalue weighted by Crippen LogP contribution is 2.41. The Labute approximate surface area is 130 Å². The van der Waals surface area contributed by atoms with Crippen molar-refractivity contribution in [1.29, 1.82) is 0 Å². The minimum Gasteiger partial charge on any atom is -0.313 e. The van der Waals surface area contributed by atoms with Gasteiger partial charge in [0.1, 0.15) is 5.82 Å². The molecule has 112 valence electrons. The molecule has 1 aliphatic carbocycles. The van der Waals surface area contributed by atoms with E-state index in [0.29, 0.717) is 11.5 Å². The van der Waals surface area contributed by atoms with Gasteiger partial charge in [-0.25, -0.2) is 4.39 Å². The molecule has 0 spiro atoms. The largest absolute Gasteiger partial charge is 0.313 e. The Balaban J connectivity index is 2.16. The third-order valence-corrected chi connectivity index (χ3v) is 5.15. The molecule has 1 fully saturated rings. The molecule has 0 radical (unpaired) electrons. The van der Waals surface area contributed by atoms with Gasteiger partial charge in [0.25, 0.3) is 0 Å². The minimum absolute atomic E-state index is 0.0851. The van der Waals surface area contributed by atoms with Gasteiger partial charge in [-0.15, -0.1) is 0 Å². The summed E-state index contributed by atoms with van der Waals surface area (Å²) < 4.78 is 15.0. The van der Waals surface area contributed by atoms with Crippen LogP contribution in [0.25, 0.3) is 0 Å². The van der Waals surface area contributed by atoms with E-state index in [1.165, 1.54) is 25.7 Å². The normalized spacial score (nSPS) is 19.2. The summed E-state index contributed by atoms with van der Waals surface area (Å²) in [5.41, 5.74) is 1.13. The molecule has 1 saturated carbocycles. The fraction of sp³-hybridized carbons (Fsp3) is 0.647. The van der Waals surface area contributed by atoms with Crippen molar-refractivity contribution in [1.82, 2.24) is 5.32 Å². The highest BCUT2D eigenvalue weighted by atomic mass is 79.9. The fourth-order valence-electron chi connectivity index (χ4n) is 3.33. The molecule has 20 heavy (non-hydrogen) atoms. The Morgan fingerprint density at radius 1 is 1.35 bits per heavy atom. The van der Waals surface area contributed by atoms with Gasteiger partial charge < -0.3 is 5.32 Å². The van der Waals surface area contributed by atoms with Crippen molar-refractivity contribution < 1.29 is 4.39 Å². The lowest BCUT2D eigenvalue weighted by atomic mass is 9.77. The van der Waals surface area contributed by atoms with Gasteiger partial charge in [0.05, 0.1) is 0 Å². The summed E-state index contributed by atoms with van der Waals surface area (Å²) in [6.45, 7) is 5.56. The zero-order valence-electron chi connectivity index (χ0n) is 12.5. The highest BCUT2D eigenvalue weighted by molar-refractivity contribution is 9.10. The Bertz CT molecular complexity index is 441. The van der Waals surface area contributed by atoms with Crippen LogP contribution in [-0.2, 0) is 6.42 Å². The van der Waals surface area contributed by atoms with Crippen LogP contribution in [0.15, 0.2) is 22.7 Å². The second kappa shape index (κ2) is 7.04. The SMILES string of the molecule is CCCNC(Cc1cc(Br)ccc1F)C1(C)CCCC1. The molecular weight excluding hydrogens is 317 g/mol. The third-order valence-electron chi connectivity index (χ3n) is 4.66. The number of halogens is 2. The standard InChI is InChI=1S/C17H25BrFN/c1-3-10-20-16(17(2)8-4-5-9-17)12-13-11-14(18)6-7-15(13)19/h6-7,11,16,20H,3-5,8-10,12H2,1-2H3. The monoisotopic (exact) mass is 341 g/mol. The summed E-state index contributed by atoms with van der Waals surface area (Å²) in [4.78, 5) is 0. The molecule has 1 aromatic carbocycles. The number of hydrogen-bond acceptors (Lipinski definition) is 1. The average Bonchev–Trinajstić information content (AvgIpc) is 2.86. The molecule has 1 N–H and O–H groups in total. The van der Waals surface area contributed by atoms with E-state index in [-0.39, 0.29) is 5.82 Å². The quantitative estimate of drug-likeness (QED) is 0.760. The Morgan fingerprint density at radius 3 is 2.70 bits per heavy atom. The Morgan fingerprint density at radius 2 is 2.05 bits per heavy atom. The van der Waals surface area contributed by atoms with E-state index < -0.39 is 0 Å². The second-order valence-electron chi connectivity index (χ2n) is 6.31. The molecule has 1 atom stereocenters. The van der Waals surface area contributed by atoms with Crippen molar-refractivity contribution in [2.45, 2.75) is 58.4 Å². The highest BCUT2D eigenvalue weighted by Gasteiger charge is 2.36. The van der Waals surface area contributed by atoms with E-state index >= 15 is 0 Å². The zero-order valence-corrected chi connectivity index (χ0v) is 14.1. The Kier molecular flexibility index (Phi) is 5.62. The first kappa shape index (κ1) is 16.0. The Hall–Kier alpha value is -0.410. The van der Waals surface area contributed by atoms with E-state index in [9.17, 15) is 4.39 Å². The molecule has 0 aliphatic heterocycles. The molecule has 0 amide bonds. The van der Waals surface area contributed by atoms with E-state index in [1.54, 1.807) is 12.1 Å². The van der Waals surface area contributed by atoms with Gasteiger partial charge in [0.15, 0.2) is 0 Å². The van der Waals surface area contributed by atoms with Crippen molar-refractivity contribution in [3.63, 3.8) is 0 Å². The van der Waals surface area contributed by atoms with Crippen LogP contribution in [0.2, 0.25) is 0 Å². The predicted octanol–water partition coefficient (Wildman–Crippen LogP) is 5.08. The minimum atomic E-state index is -0.0851. The predicted molar refractivity (Wildman–Crippen MR) is 86.5 cm³/mol. The van der Waals surface area contributed by atoms with Gasteiger partial charge in [-0.05, 0) is 61.4 Å². The van der Waals surface area contributed by atoms with Gasteiger partial charge in [0.2, 0.25) is 0 Å². The van der Waals surface area contributed by atoms with Crippen LogP contribution in [-0.4, -0.2) is 12.6 Å². The van der Waals surface area contributed by atoms with Gasteiger partial charge in [-0.3, -0.25) is 0 Å². The third kappa shape index (κ3) is 3.82. The molecule has 1 nitrogen and oxygen atoms in total. The van der Waals surface area contributed by atoms with Crippen LogP contribution < -0.4 is 5.32 Å². The summed E-state index contributed by atoms with van der Waals surface area (Å²) in [6, 6.07) is 5.63. The molecule has 1 aliphatic rings. The van der Waals surface area contributed by atoms with Crippen molar-refractivity contribution in [2.75, 3.05) is 6.54 Å². The van der Waals surface area contributed by atoms with Crippen LogP contribution in [0.3, 0.4) is 0 Å². The molecule has 0 saturated heterocycles. The molecule has 2 rings (SSSR count). The molecule has 0 bridgehead atoms. The molecular formula is C17H25BrFN. The maximum absolute atomic E-state index is 14.0. The van der Waals surface area contributed by atoms with Crippen molar-refractivity contribution in [3.8, 4) is 0 Å². The first-order valence-electron chi connectivity index (χ1n) is 7.72. The summed E-state index contributed by atoms with van der Waals surface area (Å²) in [7, 11) is 0. The smallest absolute Gasteiger partial charge is 0.126 e. The lowest BCUT2D eigenvalue weighted by Crippen LogP contribution is -2.44. The summed E-state index contributed by atoms with van der Waals surface area (Å²) in [5, 5.41) is 3.67. The maximum atomic E-state index is 14.0. The first-order valence-corrected chi connectivity index (χ1v) is 8.52. The molecule has 3 heteroatoms. The fourth-order valence-corrected chi connectivity index (χ4v) is 3.74. The van der Waals surface area contributed by atoms with Crippen LogP contribution in [0.1, 0.15) is 51.5 Å². The molecule has 1 aromatic rings. The first-order chi connectivity index (χ1) is 9.55. The van der Waals surface area contributed by atoms with Gasteiger partial charge in [-0.1, -0.05) is 42.6 Å². The number of rotatable bonds is 6. The van der Waals surface area contributed by atoms with Crippen molar-refractivity contribution >= 4 is 15.9 Å². The van der Waals surface area contributed by atoms with E-state index in [0.717, 1.165) is 29.4 Å². The van der Waals surface area contributed by atoms with E-state index in [4.69, 9.17) is 0 Å². The van der Waals surface area contributed by atoms with Gasteiger partial charge in [-0.2, -0.15) is 0 Å². The van der Waals surface area contributed by atoms with Crippen LogP contribution >= 0.6 is 15.9 Å². The maximum Gasteiger partial charge on any atom is 0.126 e.